The fraction of sp³-hybridized carbons (Fsp3) is 0.385. The van der Waals surface area contributed by atoms with Crippen LogP contribution in [0.25, 0.3) is 0 Å². The van der Waals surface area contributed by atoms with Crippen molar-refractivity contribution >= 4 is 33.5 Å². The van der Waals surface area contributed by atoms with E-state index in [0.717, 1.165) is 11.3 Å². The van der Waals surface area contributed by atoms with Crippen LogP contribution in [0.4, 0.5) is 5.69 Å². The van der Waals surface area contributed by atoms with Crippen LogP contribution in [0.2, 0.25) is 0 Å². The third-order valence-corrected chi connectivity index (χ3v) is 3.80. The molecule has 0 bridgehead atoms. The van der Waals surface area contributed by atoms with Crippen molar-refractivity contribution in [2.75, 3.05) is 18.6 Å². The number of benzene rings is 1. The molecule has 0 N–H and O–H groups in total. The van der Waals surface area contributed by atoms with Crippen LogP contribution in [-0.4, -0.2) is 25.5 Å². The van der Waals surface area contributed by atoms with E-state index in [4.69, 9.17) is 4.74 Å². The number of carbonyl (C=O) groups is 2. The maximum Gasteiger partial charge on any atom is 0.339 e. The summed E-state index contributed by atoms with van der Waals surface area (Å²) in [5.41, 5.74) is 2.16. The SMILES string of the molecule is CCOC(=O)c1cc2c(cc1Br)C(C)C(=O)N2C. The van der Waals surface area contributed by atoms with Gasteiger partial charge in [-0.2, -0.15) is 0 Å². The number of nitrogens with zero attached hydrogens (tertiary/aromatic N) is 1. The van der Waals surface area contributed by atoms with E-state index in [9.17, 15) is 9.59 Å². The zero-order valence-electron chi connectivity index (χ0n) is 10.5. The average Bonchev–Trinajstić information content (AvgIpc) is 2.54. The molecule has 1 unspecified atom stereocenters. The van der Waals surface area contributed by atoms with Gasteiger partial charge < -0.3 is 9.64 Å². The molecule has 5 heteroatoms. The predicted octanol–water partition coefficient (Wildman–Crippen LogP) is 2.71. The lowest BCUT2D eigenvalue weighted by atomic mass is 10.0. The van der Waals surface area contributed by atoms with E-state index >= 15 is 0 Å². The van der Waals surface area contributed by atoms with Gasteiger partial charge in [0.25, 0.3) is 0 Å². The number of carbonyl (C=O) groups excluding carboxylic acids is 2. The molecule has 96 valence electrons. The Labute approximate surface area is 114 Å². The second kappa shape index (κ2) is 4.72. The first-order valence-corrected chi connectivity index (χ1v) is 6.54. The Bertz CT molecular complexity index is 527. The molecule has 0 radical (unpaired) electrons. The first-order chi connectivity index (χ1) is 8.47. The molecule has 1 amide bonds. The molecule has 0 aromatic heterocycles. The first kappa shape index (κ1) is 13.1. The van der Waals surface area contributed by atoms with Crippen LogP contribution in [0, 0.1) is 0 Å². The normalized spacial score (nSPS) is 17.9. The van der Waals surface area contributed by atoms with Gasteiger partial charge in [0, 0.05) is 17.2 Å². The Hall–Kier alpha value is -1.36. The van der Waals surface area contributed by atoms with Crippen molar-refractivity contribution in [1.29, 1.82) is 0 Å². The number of rotatable bonds is 2. The summed E-state index contributed by atoms with van der Waals surface area (Å²) in [6.07, 6.45) is 0. The van der Waals surface area contributed by atoms with Gasteiger partial charge in [-0.3, -0.25) is 4.79 Å². The number of ether oxygens (including phenoxy) is 1. The number of fused-ring (bicyclic) bond motifs is 1. The Kier molecular flexibility index (Phi) is 3.43. The van der Waals surface area contributed by atoms with E-state index in [1.807, 2.05) is 13.0 Å². The molecular formula is C13H14BrNO3. The van der Waals surface area contributed by atoms with E-state index in [1.54, 1.807) is 24.9 Å². The van der Waals surface area contributed by atoms with Crippen LogP contribution in [0.3, 0.4) is 0 Å². The number of esters is 1. The molecule has 4 nitrogen and oxygen atoms in total. The van der Waals surface area contributed by atoms with E-state index in [2.05, 4.69) is 15.9 Å². The highest BCUT2D eigenvalue weighted by Crippen LogP contribution is 2.39. The molecule has 0 aliphatic carbocycles. The van der Waals surface area contributed by atoms with Crippen molar-refractivity contribution < 1.29 is 14.3 Å². The highest BCUT2D eigenvalue weighted by Gasteiger charge is 2.33. The van der Waals surface area contributed by atoms with Gasteiger partial charge >= 0.3 is 5.97 Å². The lowest BCUT2D eigenvalue weighted by Crippen LogP contribution is -2.22. The second-order valence-electron chi connectivity index (χ2n) is 4.23. The average molecular weight is 312 g/mol. The number of hydrogen-bond donors (Lipinski definition) is 0. The van der Waals surface area contributed by atoms with Crippen molar-refractivity contribution in [2.24, 2.45) is 0 Å². The summed E-state index contributed by atoms with van der Waals surface area (Å²) in [5.74, 6) is -0.511. The van der Waals surface area contributed by atoms with E-state index in [-0.39, 0.29) is 17.8 Å². The molecular weight excluding hydrogens is 298 g/mol. The standard InChI is InChI=1S/C13H14BrNO3/c1-4-18-13(17)9-6-11-8(5-10(9)14)7(2)12(16)15(11)3/h5-7H,4H2,1-3H3. The van der Waals surface area contributed by atoms with Gasteiger partial charge in [0.1, 0.15) is 0 Å². The van der Waals surface area contributed by atoms with Crippen LogP contribution in [-0.2, 0) is 9.53 Å². The molecule has 1 aliphatic rings. The van der Waals surface area contributed by atoms with E-state index in [1.165, 1.54) is 0 Å². The fourth-order valence-corrected chi connectivity index (χ4v) is 2.64. The molecule has 0 saturated heterocycles. The van der Waals surface area contributed by atoms with Crippen LogP contribution in [0.15, 0.2) is 16.6 Å². The number of likely N-dealkylation sites (N-methyl/N-ethyl adjacent to an activating group) is 1. The maximum atomic E-state index is 11.9. The molecule has 18 heavy (non-hydrogen) atoms. The summed E-state index contributed by atoms with van der Waals surface area (Å²) in [6.45, 7) is 3.95. The molecule has 0 spiro atoms. The van der Waals surface area contributed by atoms with Crippen LogP contribution >= 0.6 is 15.9 Å². The van der Waals surface area contributed by atoms with Crippen LogP contribution < -0.4 is 4.90 Å². The van der Waals surface area contributed by atoms with Gasteiger partial charge in [-0.1, -0.05) is 0 Å². The second-order valence-corrected chi connectivity index (χ2v) is 5.08. The van der Waals surface area contributed by atoms with Crippen LogP contribution in [0.1, 0.15) is 35.7 Å². The minimum absolute atomic E-state index is 0.0397. The Morgan fingerprint density at radius 1 is 1.50 bits per heavy atom. The Morgan fingerprint density at radius 3 is 2.78 bits per heavy atom. The van der Waals surface area contributed by atoms with Gasteiger partial charge in [-0.25, -0.2) is 4.79 Å². The summed E-state index contributed by atoms with van der Waals surface area (Å²) < 4.78 is 5.65. The first-order valence-electron chi connectivity index (χ1n) is 5.75. The number of amides is 1. The highest BCUT2D eigenvalue weighted by molar-refractivity contribution is 9.10. The lowest BCUT2D eigenvalue weighted by molar-refractivity contribution is -0.118. The molecule has 0 fully saturated rings. The topological polar surface area (TPSA) is 46.6 Å². The zero-order chi connectivity index (χ0) is 13.4. The summed E-state index contributed by atoms with van der Waals surface area (Å²) in [7, 11) is 1.72. The maximum absolute atomic E-state index is 11.9. The van der Waals surface area contributed by atoms with Crippen LogP contribution in [0.5, 0.6) is 0 Å². The summed E-state index contributed by atoms with van der Waals surface area (Å²) in [6, 6.07) is 3.53. The summed E-state index contributed by atoms with van der Waals surface area (Å²) in [4.78, 5) is 25.2. The minimum Gasteiger partial charge on any atom is -0.462 e. The quantitative estimate of drug-likeness (QED) is 0.789. The Balaban J connectivity index is 2.50. The largest absolute Gasteiger partial charge is 0.462 e. The smallest absolute Gasteiger partial charge is 0.339 e. The van der Waals surface area contributed by atoms with Crippen molar-refractivity contribution in [3.8, 4) is 0 Å². The number of anilines is 1. The number of hydrogen-bond acceptors (Lipinski definition) is 3. The van der Waals surface area contributed by atoms with Crippen molar-refractivity contribution in [2.45, 2.75) is 19.8 Å². The fourth-order valence-electron chi connectivity index (χ4n) is 2.12. The molecule has 1 atom stereocenters. The number of halogens is 1. The Morgan fingerprint density at radius 2 is 2.17 bits per heavy atom. The summed E-state index contributed by atoms with van der Waals surface area (Å²) in [5, 5.41) is 0. The lowest BCUT2D eigenvalue weighted by Gasteiger charge is -2.12. The minimum atomic E-state index is -0.382. The third kappa shape index (κ3) is 1.92. The van der Waals surface area contributed by atoms with E-state index in [0.29, 0.717) is 16.6 Å². The molecule has 2 rings (SSSR count). The zero-order valence-corrected chi connectivity index (χ0v) is 12.1. The predicted molar refractivity (Wildman–Crippen MR) is 71.9 cm³/mol. The van der Waals surface area contributed by atoms with Gasteiger partial charge in [0.2, 0.25) is 5.91 Å². The van der Waals surface area contributed by atoms with E-state index < -0.39 is 0 Å². The molecule has 0 saturated carbocycles. The van der Waals surface area contributed by atoms with Gasteiger partial charge in [0.05, 0.1) is 18.1 Å². The van der Waals surface area contributed by atoms with Gasteiger partial charge in [0.15, 0.2) is 0 Å². The van der Waals surface area contributed by atoms with Crippen molar-refractivity contribution in [3.63, 3.8) is 0 Å². The third-order valence-electron chi connectivity index (χ3n) is 3.14. The van der Waals surface area contributed by atoms with Crippen molar-refractivity contribution in [1.82, 2.24) is 0 Å². The highest BCUT2D eigenvalue weighted by atomic mass is 79.9. The molecule has 1 heterocycles. The molecule has 1 aromatic rings. The molecule has 1 aliphatic heterocycles. The van der Waals surface area contributed by atoms with Gasteiger partial charge in [-0.15, -0.1) is 0 Å². The molecule has 1 aromatic carbocycles. The van der Waals surface area contributed by atoms with Gasteiger partial charge in [-0.05, 0) is 47.5 Å². The van der Waals surface area contributed by atoms with Crippen molar-refractivity contribution in [3.05, 3.63) is 27.7 Å². The summed E-state index contributed by atoms with van der Waals surface area (Å²) >= 11 is 3.36. The monoisotopic (exact) mass is 311 g/mol.